The summed E-state index contributed by atoms with van der Waals surface area (Å²) in [6.45, 7) is 2.99. The van der Waals surface area contributed by atoms with E-state index in [1.165, 1.54) is 11.1 Å². The number of piperidine rings is 1. The minimum Gasteiger partial charge on any atom is -0.375 e. The highest BCUT2D eigenvalue weighted by Gasteiger charge is 2.54. The Hall–Kier alpha value is -2.17. The summed E-state index contributed by atoms with van der Waals surface area (Å²) in [6.07, 6.45) is 5.90. The van der Waals surface area contributed by atoms with E-state index < -0.39 is 0 Å². The summed E-state index contributed by atoms with van der Waals surface area (Å²) in [5, 5.41) is 0. The molecule has 0 aromatic heterocycles. The second kappa shape index (κ2) is 8.16. The Morgan fingerprint density at radius 3 is 2.30 bits per heavy atom. The van der Waals surface area contributed by atoms with Gasteiger partial charge in [0.25, 0.3) is 0 Å². The van der Waals surface area contributed by atoms with Crippen molar-refractivity contribution in [3.8, 4) is 0 Å². The second-order valence-corrected chi connectivity index (χ2v) is 9.18. The van der Waals surface area contributed by atoms with Crippen molar-refractivity contribution in [3.05, 3.63) is 71.8 Å². The molecule has 1 spiro atoms. The molecule has 0 N–H and O–H groups in total. The third-order valence-corrected chi connectivity index (χ3v) is 7.22. The van der Waals surface area contributed by atoms with E-state index in [0.717, 1.165) is 58.2 Å². The minimum atomic E-state index is -0.263. The van der Waals surface area contributed by atoms with Gasteiger partial charge in [-0.05, 0) is 43.2 Å². The molecule has 3 aliphatic rings. The molecule has 2 aromatic rings. The van der Waals surface area contributed by atoms with Gasteiger partial charge in [-0.3, -0.25) is 4.79 Å². The van der Waals surface area contributed by atoms with Gasteiger partial charge in [-0.25, -0.2) is 0 Å². The SMILES string of the molecule is O=C(N1CCC2(CC1)CC(OCc1ccccc1)CCO2)C1(c2ccccc2)CC1. The number of likely N-dealkylation sites (tertiary alicyclic amines) is 1. The number of carbonyl (C=O) groups is 1. The number of benzene rings is 2. The van der Waals surface area contributed by atoms with Crippen LogP contribution >= 0.6 is 0 Å². The summed E-state index contributed by atoms with van der Waals surface area (Å²) in [6, 6.07) is 20.7. The van der Waals surface area contributed by atoms with Crippen molar-refractivity contribution in [2.75, 3.05) is 19.7 Å². The highest BCUT2D eigenvalue weighted by molar-refractivity contribution is 5.91. The molecule has 0 radical (unpaired) electrons. The fourth-order valence-corrected chi connectivity index (χ4v) is 5.19. The van der Waals surface area contributed by atoms with Crippen LogP contribution in [0.3, 0.4) is 0 Å². The Labute approximate surface area is 179 Å². The number of rotatable bonds is 5. The predicted octanol–water partition coefficient (Wildman–Crippen LogP) is 4.48. The van der Waals surface area contributed by atoms with Crippen LogP contribution in [-0.4, -0.2) is 42.2 Å². The normalized spacial score (nSPS) is 24.5. The summed E-state index contributed by atoms with van der Waals surface area (Å²) < 4.78 is 12.5. The number of hydrogen-bond donors (Lipinski definition) is 0. The number of hydrogen-bond acceptors (Lipinski definition) is 3. The highest BCUT2D eigenvalue weighted by atomic mass is 16.5. The average Bonchev–Trinajstić information content (AvgIpc) is 3.62. The lowest BCUT2D eigenvalue weighted by molar-refractivity contribution is -0.164. The monoisotopic (exact) mass is 405 g/mol. The Morgan fingerprint density at radius 2 is 1.63 bits per heavy atom. The zero-order valence-corrected chi connectivity index (χ0v) is 17.6. The van der Waals surface area contributed by atoms with Gasteiger partial charge in [0.15, 0.2) is 0 Å². The molecule has 1 aliphatic carbocycles. The van der Waals surface area contributed by atoms with Gasteiger partial charge in [-0.1, -0.05) is 60.7 Å². The maximum Gasteiger partial charge on any atom is 0.233 e. The van der Waals surface area contributed by atoms with Crippen LogP contribution in [0.2, 0.25) is 0 Å². The van der Waals surface area contributed by atoms with Gasteiger partial charge in [-0.2, -0.15) is 0 Å². The largest absolute Gasteiger partial charge is 0.375 e. The lowest BCUT2D eigenvalue weighted by Crippen LogP contribution is -2.53. The molecular weight excluding hydrogens is 374 g/mol. The molecule has 30 heavy (non-hydrogen) atoms. The molecule has 1 amide bonds. The van der Waals surface area contributed by atoms with E-state index in [1.54, 1.807) is 0 Å². The second-order valence-electron chi connectivity index (χ2n) is 9.18. The van der Waals surface area contributed by atoms with Gasteiger partial charge >= 0.3 is 0 Å². The van der Waals surface area contributed by atoms with Gasteiger partial charge in [0.1, 0.15) is 0 Å². The first kappa shape index (κ1) is 19.8. The molecule has 3 fully saturated rings. The molecule has 0 bridgehead atoms. The Morgan fingerprint density at radius 1 is 0.967 bits per heavy atom. The molecule has 1 saturated carbocycles. The highest BCUT2D eigenvalue weighted by Crippen LogP contribution is 2.50. The topological polar surface area (TPSA) is 38.8 Å². The Balaban J connectivity index is 1.17. The van der Waals surface area contributed by atoms with Crippen LogP contribution in [-0.2, 0) is 26.3 Å². The molecule has 158 valence electrons. The van der Waals surface area contributed by atoms with Crippen LogP contribution < -0.4 is 0 Å². The van der Waals surface area contributed by atoms with Gasteiger partial charge in [-0.15, -0.1) is 0 Å². The fraction of sp³-hybridized carbons (Fsp3) is 0.500. The molecule has 2 heterocycles. The van der Waals surface area contributed by atoms with Crippen LogP contribution in [0.15, 0.2) is 60.7 Å². The van der Waals surface area contributed by atoms with Crippen molar-refractivity contribution < 1.29 is 14.3 Å². The predicted molar refractivity (Wildman–Crippen MR) is 116 cm³/mol. The standard InChI is InChI=1S/C26H31NO3/c28-24(26(12-13-26)22-9-5-2-6-10-22)27-16-14-25(15-17-27)19-23(11-18-30-25)29-20-21-7-3-1-4-8-21/h1-10,23H,11-20H2. The quantitative estimate of drug-likeness (QED) is 0.736. The summed E-state index contributed by atoms with van der Waals surface area (Å²) in [4.78, 5) is 15.4. The van der Waals surface area contributed by atoms with E-state index in [9.17, 15) is 4.79 Å². The first-order valence-electron chi connectivity index (χ1n) is 11.3. The molecular formula is C26H31NO3. The summed E-state index contributed by atoms with van der Waals surface area (Å²) in [5.41, 5.74) is 2.01. The third kappa shape index (κ3) is 3.91. The van der Waals surface area contributed by atoms with Crippen molar-refractivity contribution in [1.29, 1.82) is 0 Å². The lowest BCUT2D eigenvalue weighted by Gasteiger charge is -2.46. The molecule has 4 nitrogen and oxygen atoms in total. The Bertz CT molecular complexity index is 854. The molecule has 2 aliphatic heterocycles. The van der Waals surface area contributed by atoms with Crippen molar-refractivity contribution >= 4 is 5.91 Å². The molecule has 4 heteroatoms. The van der Waals surface area contributed by atoms with Crippen LogP contribution in [0.4, 0.5) is 0 Å². The number of nitrogens with zero attached hydrogens (tertiary/aromatic N) is 1. The number of carbonyl (C=O) groups excluding carboxylic acids is 1. The van der Waals surface area contributed by atoms with E-state index >= 15 is 0 Å². The van der Waals surface area contributed by atoms with E-state index in [-0.39, 0.29) is 17.1 Å². The van der Waals surface area contributed by atoms with E-state index in [1.807, 2.05) is 24.3 Å². The van der Waals surface area contributed by atoms with Gasteiger partial charge in [0, 0.05) is 26.1 Å². The maximum atomic E-state index is 13.3. The molecule has 2 aromatic carbocycles. The third-order valence-electron chi connectivity index (χ3n) is 7.22. The van der Waals surface area contributed by atoms with Crippen LogP contribution in [0.25, 0.3) is 0 Å². The summed E-state index contributed by atoms with van der Waals surface area (Å²) in [5.74, 6) is 0.316. The zero-order chi connectivity index (χ0) is 20.4. The van der Waals surface area contributed by atoms with Crippen molar-refractivity contribution in [2.45, 2.75) is 62.3 Å². The van der Waals surface area contributed by atoms with Crippen LogP contribution in [0.1, 0.15) is 49.7 Å². The van der Waals surface area contributed by atoms with E-state index in [2.05, 4.69) is 41.3 Å². The summed E-state index contributed by atoms with van der Waals surface area (Å²) >= 11 is 0. The smallest absolute Gasteiger partial charge is 0.233 e. The van der Waals surface area contributed by atoms with Crippen LogP contribution in [0.5, 0.6) is 0 Å². The van der Waals surface area contributed by atoms with Gasteiger partial charge in [0.2, 0.25) is 5.91 Å². The lowest BCUT2D eigenvalue weighted by atomic mass is 9.82. The van der Waals surface area contributed by atoms with Crippen molar-refractivity contribution in [1.82, 2.24) is 4.90 Å². The zero-order valence-electron chi connectivity index (χ0n) is 17.6. The van der Waals surface area contributed by atoms with Crippen LogP contribution in [0, 0.1) is 0 Å². The van der Waals surface area contributed by atoms with E-state index in [0.29, 0.717) is 12.5 Å². The first-order valence-corrected chi connectivity index (χ1v) is 11.3. The minimum absolute atomic E-state index is 0.125. The fourth-order valence-electron chi connectivity index (χ4n) is 5.19. The number of amides is 1. The van der Waals surface area contributed by atoms with E-state index in [4.69, 9.17) is 9.47 Å². The maximum absolute atomic E-state index is 13.3. The molecule has 5 rings (SSSR count). The van der Waals surface area contributed by atoms with Gasteiger partial charge < -0.3 is 14.4 Å². The molecule has 2 saturated heterocycles. The van der Waals surface area contributed by atoms with Gasteiger partial charge in [0.05, 0.1) is 23.7 Å². The average molecular weight is 406 g/mol. The Kier molecular flexibility index (Phi) is 5.38. The molecule has 1 unspecified atom stereocenters. The number of ether oxygens (including phenoxy) is 2. The van der Waals surface area contributed by atoms with Crippen molar-refractivity contribution in [2.24, 2.45) is 0 Å². The van der Waals surface area contributed by atoms with Crippen molar-refractivity contribution in [3.63, 3.8) is 0 Å². The molecule has 1 atom stereocenters. The summed E-state index contributed by atoms with van der Waals surface area (Å²) in [7, 11) is 0. The first-order chi connectivity index (χ1) is 14.7.